The molecular formula is C16H26N4OS. The minimum Gasteiger partial charge on any atom is -0.340 e. The number of carbonyl (C=O) groups excluding carboxylic acids is 1. The fourth-order valence-corrected chi connectivity index (χ4v) is 4.48. The van der Waals surface area contributed by atoms with Crippen molar-refractivity contribution < 1.29 is 4.79 Å². The van der Waals surface area contributed by atoms with Gasteiger partial charge in [-0.1, -0.05) is 0 Å². The first kappa shape index (κ1) is 15.9. The number of hydrogen-bond acceptors (Lipinski definition) is 4. The second-order valence-electron chi connectivity index (χ2n) is 6.22. The SMILES string of the molecule is O=C(CCCc1cn[nH]c1)N1CCN(C2CCSCC2)CC1. The van der Waals surface area contributed by atoms with Crippen molar-refractivity contribution in [3.05, 3.63) is 18.0 Å². The van der Waals surface area contributed by atoms with E-state index in [0.717, 1.165) is 45.1 Å². The molecule has 0 atom stereocenters. The maximum absolute atomic E-state index is 12.3. The lowest BCUT2D eigenvalue weighted by Crippen LogP contribution is -2.52. The summed E-state index contributed by atoms with van der Waals surface area (Å²) in [5.74, 6) is 2.93. The molecule has 1 N–H and O–H groups in total. The van der Waals surface area contributed by atoms with Crippen LogP contribution in [0, 0.1) is 0 Å². The van der Waals surface area contributed by atoms with E-state index in [9.17, 15) is 4.79 Å². The van der Waals surface area contributed by atoms with Gasteiger partial charge in [0, 0.05) is 44.8 Å². The van der Waals surface area contributed by atoms with Gasteiger partial charge in [-0.2, -0.15) is 16.9 Å². The third kappa shape index (κ3) is 4.26. The molecule has 2 aliphatic rings. The normalized spacial score (nSPS) is 21.2. The molecule has 3 heterocycles. The topological polar surface area (TPSA) is 52.2 Å². The van der Waals surface area contributed by atoms with Gasteiger partial charge in [0.05, 0.1) is 6.20 Å². The van der Waals surface area contributed by atoms with Gasteiger partial charge in [-0.15, -0.1) is 0 Å². The van der Waals surface area contributed by atoms with E-state index >= 15 is 0 Å². The molecule has 0 unspecified atom stereocenters. The smallest absolute Gasteiger partial charge is 0.222 e. The Labute approximate surface area is 136 Å². The summed E-state index contributed by atoms with van der Waals surface area (Å²) in [7, 11) is 0. The molecule has 0 bridgehead atoms. The van der Waals surface area contributed by atoms with Gasteiger partial charge in [0.15, 0.2) is 0 Å². The number of aromatic nitrogens is 2. The van der Waals surface area contributed by atoms with Crippen molar-refractivity contribution in [3.63, 3.8) is 0 Å². The monoisotopic (exact) mass is 322 g/mol. The molecule has 122 valence electrons. The summed E-state index contributed by atoms with van der Waals surface area (Å²) >= 11 is 2.08. The van der Waals surface area contributed by atoms with Gasteiger partial charge in [0.2, 0.25) is 5.91 Å². The van der Waals surface area contributed by atoms with Crippen LogP contribution in [0.15, 0.2) is 12.4 Å². The van der Waals surface area contributed by atoms with Crippen LogP contribution in [0.1, 0.15) is 31.2 Å². The largest absolute Gasteiger partial charge is 0.340 e. The maximum atomic E-state index is 12.3. The molecule has 0 aromatic carbocycles. The number of aromatic amines is 1. The first-order valence-electron chi connectivity index (χ1n) is 8.40. The Morgan fingerprint density at radius 3 is 2.73 bits per heavy atom. The molecule has 0 aliphatic carbocycles. The standard InChI is InChI=1S/C16H26N4OS/c21-16(3-1-2-14-12-17-18-13-14)20-8-6-19(7-9-20)15-4-10-22-11-5-15/h12-13,15H,1-11H2,(H,17,18). The molecule has 1 aromatic rings. The number of piperazine rings is 1. The van der Waals surface area contributed by atoms with Crippen LogP contribution >= 0.6 is 11.8 Å². The molecule has 0 saturated carbocycles. The van der Waals surface area contributed by atoms with Gasteiger partial charge in [-0.05, 0) is 42.8 Å². The molecule has 2 aliphatic heterocycles. The maximum Gasteiger partial charge on any atom is 0.222 e. The Morgan fingerprint density at radius 2 is 2.05 bits per heavy atom. The molecule has 1 aromatic heterocycles. The van der Waals surface area contributed by atoms with Crippen molar-refractivity contribution in [2.24, 2.45) is 0 Å². The van der Waals surface area contributed by atoms with Crippen LogP contribution in [-0.4, -0.2) is 69.6 Å². The summed E-state index contributed by atoms with van der Waals surface area (Å²) in [6.07, 6.45) is 8.90. The van der Waals surface area contributed by atoms with Crippen LogP contribution in [0.3, 0.4) is 0 Å². The number of nitrogens with zero attached hydrogens (tertiary/aromatic N) is 3. The van der Waals surface area contributed by atoms with E-state index in [0.29, 0.717) is 12.3 Å². The van der Waals surface area contributed by atoms with E-state index < -0.39 is 0 Å². The van der Waals surface area contributed by atoms with E-state index in [4.69, 9.17) is 0 Å². The highest BCUT2D eigenvalue weighted by Gasteiger charge is 2.26. The van der Waals surface area contributed by atoms with Crippen LogP contribution in [0.4, 0.5) is 0 Å². The number of carbonyl (C=O) groups is 1. The lowest BCUT2D eigenvalue weighted by Gasteiger charge is -2.40. The highest BCUT2D eigenvalue weighted by atomic mass is 32.2. The van der Waals surface area contributed by atoms with Gasteiger partial charge in [0.25, 0.3) is 0 Å². The number of hydrogen-bond donors (Lipinski definition) is 1. The summed E-state index contributed by atoms with van der Waals surface area (Å²) in [4.78, 5) is 17.0. The van der Waals surface area contributed by atoms with E-state index in [-0.39, 0.29) is 0 Å². The Bertz CT molecular complexity index is 451. The first-order chi connectivity index (χ1) is 10.8. The van der Waals surface area contributed by atoms with Crippen LogP contribution in [0.2, 0.25) is 0 Å². The predicted molar refractivity (Wildman–Crippen MR) is 90.0 cm³/mol. The minimum absolute atomic E-state index is 0.322. The zero-order chi connectivity index (χ0) is 15.2. The Kier molecular flexibility index (Phi) is 5.78. The molecule has 2 fully saturated rings. The van der Waals surface area contributed by atoms with Crippen molar-refractivity contribution in [2.45, 2.75) is 38.1 Å². The molecule has 0 spiro atoms. The second-order valence-corrected chi connectivity index (χ2v) is 7.45. The van der Waals surface area contributed by atoms with Gasteiger partial charge < -0.3 is 4.90 Å². The number of thioether (sulfide) groups is 1. The zero-order valence-corrected chi connectivity index (χ0v) is 14.0. The van der Waals surface area contributed by atoms with Crippen molar-refractivity contribution in [1.82, 2.24) is 20.0 Å². The van der Waals surface area contributed by atoms with Crippen LogP contribution in [0.25, 0.3) is 0 Å². The fourth-order valence-electron chi connectivity index (χ4n) is 3.40. The van der Waals surface area contributed by atoms with E-state index in [1.54, 1.807) is 0 Å². The van der Waals surface area contributed by atoms with E-state index in [2.05, 4.69) is 31.8 Å². The van der Waals surface area contributed by atoms with Crippen molar-refractivity contribution in [1.29, 1.82) is 0 Å². The minimum atomic E-state index is 0.322. The molecule has 2 saturated heterocycles. The summed E-state index contributed by atoms with van der Waals surface area (Å²) in [6, 6.07) is 0.764. The molecule has 0 radical (unpaired) electrons. The summed E-state index contributed by atoms with van der Waals surface area (Å²) < 4.78 is 0. The summed E-state index contributed by atoms with van der Waals surface area (Å²) in [6.45, 7) is 3.94. The molecule has 5 nitrogen and oxygen atoms in total. The average Bonchev–Trinajstić information content (AvgIpc) is 3.09. The van der Waals surface area contributed by atoms with Gasteiger partial charge >= 0.3 is 0 Å². The molecule has 22 heavy (non-hydrogen) atoms. The summed E-state index contributed by atoms with van der Waals surface area (Å²) in [5.41, 5.74) is 1.19. The third-order valence-electron chi connectivity index (χ3n) is 4.79. The Hall–Kier alpha value is -1.01. The number of H-pyrrole nitrogens is 1. The number of aryl methyl sites for hydroxylation is 1. The predicted octanol–water partition coefficient (Wildman–Crippen LogP) is 1.77. The van der Waals surface area contributed by atoms with Gasteiger partial charge in [0.1, 0.15) is 0 Å². The van der Waals surface area contributed by atoms with Gasteiger partial charge in [-0.3, -0.25) is 14.8 Å². The highest BCUT2D eigenvalue weighted by Crippen LogP contribution is 2.22. The quantitative estimate of drug-likeness (QED) is 0.898. The van der Waals surface area contributed by atoms with Crippen LogP contribution in [-0.2, 0) is 11.2 Å². The van der Waals surface area contributed by atoms with Gasteiger partial charge in [-0.25, -0.2) is 0 Å². The van der Waals surface area contributed by atoms with E-state index in [1.165, 1.54) is 29.9 Å². The van der Waals surface area contributed by atoms with Crippen molar-refractivity contribution in [3.8, 4) is 0 Å². The number of rotatable bonds is 5. The van der Waals surface area contributed by atoms with Crippen LogP contribution < -0.4 is 0 Å². The Balaban J connectivity index is 1.36. The van der Waals surface area contributed by atoms with Crippen molar-refractivity contribution in [2.75, 3.05) is 37.7 Å². The third-order valence-corrected chi connectivity index (χ3v) is 5.83. The fraction of sp³-hybridized carbons (Fsp3) is 0.750. The molecule has 1 amide bonds. The molecular weight excluding hydrogens is 296 g/mol. The molecule has 3 rings (SSSR count). The van der Waals surface area contributed by atoms with Crippen LogP contribution in [0.5, 0.6) is 0 Å². The number of amides is 1. The highest BCUT2D eigenvalue weighted by molar-refractivity contribution is 7.99. The first-order valence-corrected chi connectivity index (χ1v) is 9.55. The Morgan fingerprint density at radius 1 is 1.27 bits per heavy atom. The second kappa shape index (κ2) is 8.02. The van der Waals surface area contributed by atoms with Crippen molar-refractivity contribution >= 4 is 17.7 Å². The lowest BCUT2D eigenvalue weighted by molar-refractivity contribution is -0.133. The zero-order valence-electron chi connectivity index (χ0n) is 13.2. The average molecular weight is 322 g/mol. The molecule has 6 heteroatoms. The lowest BCUT2D eigenvalue weighted by atomic mass is 10.1. The van der Waals surface area contributed by atoms with E-state index in [1.807, 2.05) is 12.4 Å². The number of nitrogens with one attached hydrogen (secondary N) is 1. The summed E-state index contributed by atoms with van der Waals surface area (Å²) in [5, 5.41) is 6.75.